The molecule has 4 amide bonds. The maximum absolute atomic E-state index is 13.9. The van der Waals surface area contributed by atoms with Gasteiger partial charge in [0.2, 0.25) is 17.7 Å². The normalized spacial score (nSPS) is 17.5. The second-order valence-corrected chi connectivity index (χ2v) is 7.94. The fourth-order valence-corrected chi connectivity index (χ4v) is 4.12. The molecular weight excluding hydrogens is 445 g/mol. The Morgan fingerprint density at radius 1 is 1.21 bits per heavy atom. The Bertz CT molecular complexity index is 1340. The van der Waals surface area contributed by atoms with Crippen LogP contribution in [0.1, 0.15) is 28.8 Å². The number of benzene rings is 1. The quantitative estimate of drug-likeness (QED) is 0.536. The first-order valence-corrected chi connectivity index (χ1v) is 10.5. The summed E-state index contributed by atoms with van der Waals surface area (Å²) in [6.45, 7) is -0.0557. The number of carbonyl (C=O) groups excluding carboxylic acids is 4. The van der Waals surface area contributed by atoms with Crippen LogP contribution < -0.4 is 10.6 Å². The third-order valence-corrected chi connectivity index (χ3v) is 5.75. The fraction of sp³-hybridized carbons (Fsp3) is 0.227. The van der Waals surface area contributed by atoms with Crippen LogP contribution in [0.15, 0.2) is 42.9 Å². The molecule has 11 nitrogen and oxygen atoms in total. The van der Waals surface area contributed by atoms with E-state index in [-0.39, 0.29) is 49.0 Å². The van der Waals surface area contributed by atoms with Crippen LogP contribution in [0, 0.1) is 5.82 Å². The number of aromatic nitrogens is 4. The van der Waals surface area contributed by atoms with Crippen molar-refractivity contribution < 1.29 is 23.6 Å². The molecule has 1 atom stereocenters. The largest absolute Gasteiger partial charge is 0.324 e. The lowest BCUT2D eigenvalue weighted by Gasteiger charge is -2.29. The summed E-state index contributed by atoms with van der Waals surface area (Å²) >= 11 is 0. The topological polar surface area (TPSA) is 139 Å². The van der Waals surface area contributed by atoms with Crippen molar-refractivity contribution in [2.45, 2.75) is 32.0 Å². The van der Waals surface area contributed by atoms with Gasteiger partial charge in [-0.25, -0.2) is 9.07 Å². The summed E-state index contributed by atoms with van der Waals surface area (Å²) in [5, 5.41) is 12.8. The van der Waals surface area contributed by atoms with Crippen LogP contribution in [0.5, 0.6) is 0 Å². The lowest BCUT2D eigenvalue weighted by atomic mass is 10.0. The van der Waals surface area contributed by atoms with Gasteiger partial charge in [0.25, 0.3) is 5.91 Å². The number of nitrogens with zero attached hydrogens (tertiary/aromatic N) is 5. The fourth-order valence-electron chi connectivity index (χ4n) is 4.12. The van der Waals surface area contributed by atoms with Crippen molar-refractivity contribution in [1.82, 2.24) is 30.2 Å². The first kappa shape index (κ1) is 21.4. The van der Waals surface area contributed by atoms with E-state index in [1.807, 2.05) is 0 Å². The third-order valence-electron chi connectivity index (χ3n) is 5.75. The number of pyridine rings is 1. The van der Waals surface area contributed by atoms with Gasteiger partial charge in [0.1, 0.15) is 18.3 Å². The minimum atomic E-state index is -0.747. The Labute approximate surface area is 192 Å². The highest BCUT2D eigenvalue weighted by Gasteiger charge is 2.39. The second-order valence-electron chi connectivity index (χ2n) is 7.94. The molecule has 1 fully saturated rings. The van der Waals surface area contributed by atoms with Crippen molar-refractivity contribution in [3.8, 4) is 11.3 Å². The van der Waals surface area contributed by atoms with E-state index >= 15 is 0 Å². The van der Waals surface area contributed by atoms with Crippen molar-refractivity contribution >= 4 is 29.3 Å². The van der Waals surface area contributed by atoms with Gasteiger partial charge in [-0.15, -0.1) is 5.10 Å². The number of carbonyl (C=O) groups is 4. The van der Waals surface area contributed by atoms with Crippen LogP contribution in [-0.2, 0) is 27.5 Å². The highest BCUT2D eigenvalue weighted by Crippen LogP contribution is 2.32. The predicted molar refractivity (Wildman–Crippen MR) is 114 cm³/mol. The number of halogens is 1. The summed E-state index contributed by atoms with van der Waals surface area (Å²) in [4.78, 5) is 54.4. The summed E-state index contributed by atoms with van der Waals surface area (Å²) in [6.07, 6.45) is 4.35. The second kappa shape index (κ2) is 8.46. The van der Waals surface area contributed by atoms with Crippen molar-refractivity contribution in [1.29, 1.82) is 0 Å². The average molecular weight is 463 g/mol. The minimum Gasteiger partial charge on any atom is -0.324 e. The Balaban J connectivity index is 1.30. The predicted octanol–water partition coefficient (Wildman–Crippen LogP) is 0.879. The van der Waals surface area contributed by atoms with Gasteiger partial charge in [-0.05, 0) is 24.6 Å². The molecule has 4 heterocycles. The van der Waals surface area contributed by atoms with Gasteiger partial charge < -0.3 is 10.2 Å². The Kier molecular flexibility index (Phi) is 5.32. The Morgan fingerprint density at radius 2 is 2.06 bits per heavy atom. The van der Waals surface area contributed by atoms with Crippen molar-refractivity contribution in [2.24, 2.45) is 0 Å². The van der Waals surface area contributed by atoms with Crippen LogP contribution in [0.25, 0.3) is 11.3 Å². The van der Waals surface area contributed by atoms with E-state index in [1.54, 1.807) is 18.2 Å². The SMILES string of the molecule is O=C1CCC(N2Cc3c(NC(=O)Cn4cc(-c5ccncc5F)nn4)cccc3C2=O)C(=O)N1. The molecule has 5 rings (SSSR count). The van der Waals surface area contributed by atoms with Crippen LogP contribution in [0.3, 0.4) is 0 Å². The molecule has 12 heteroatoms. The summed E-state index contributed by atoms with van der Waals surface area (Å²) in [5.74, 6) is -2.17. The molecule has 0 radical (unpaired) electrons. The van der Waals surface area contributed by atoms with E-state index in [4.69, 9.17) is 0 Å². The molecule has 3 aromatic rings. The molecule has 0 bridgehead atoms. The average Bonchev–Trinajstić information content (AvgIpc) is 3.39. The molecule has 1 unspecified atom stereocenters. The number of rotatable bonds is 5. The highest BCUT2D eigenvalue weighted by atomic mass is 19.1. The molecule has 1 saturated heterocycles. The van der Waals surface area contributed by atoms with E-state index in [2.05, 4.69) is 25.9 Å². The standard InChI is InChI=1S/C22H18FN7O4/c23-15-8-24-7-6-13(15)17-10-29(28-27-17)11-20(32)25-16-3-1-2-12-14(16)9-30(22(12)34)18-4-5-19(31)26-21(18)33/h1-3,6-8,10,18H,4-5,9,11H2,(H,25,32)(H,26,31,33). The van der Waals surface area contributed by atoms with E-state index in [0.717, 1.165) is 6.20 Å². The molecule has 2 aliphatic rings. The van der Waals surface area contributed by atoms with Crippen molar-refractivity contribution in [2.75, 3.05) is 5.32 Å². The third kappa shape index (κ3) is 3.89. The number of anilines is 1. The van der Waals surface area contributed by atoms with Crippen molar-refractivity contribution in [3.63, 3.8) is 0 Å². The molecule has 34 heavy (non-hydrogen) atoms. The van der Waals surface area contributed by atoms with Gasteiger partial charge in [-0.1, -0.05) is 11.3 Å². The smallest absolute Gasteiger partial charge is 0.255 e. The first-order valence-electron chi connectivity index (χ1n) is 10.5. The molecule has 2 aromatic heterocycles. The van der Waals surface area contributed by atoms with Gasteiger partial charge in [-0.3, -0.25) is 29.5 Å². The van der Waals surface area contributed by atoms with Crippen LogP contribution in [0.2, 0.25) is 0 Å². The summed E-state index contributed by atoms with van der Waals surface area (Å²) in [6, 6.07) is 5.65. The molecule has 172 valence electrons. The number of nitrogens with one attached hydrogen (secondary N) is 2. The van der Waals surface area contributed by atoms with Crippen molar-refractivity contribution in [3.05, 3.63) is 59.8 Å². The molecule has 0 spiro atoms. The van der Waals surface area contributed by atoms with E-state index in [0.29, 0.717) is 16.8 Å². The Hall–Kier alpha value is -4.48. The monoisotopic (exact) mass is 463 g/mol. The molecule has 2 aliphatic heterocycles. The maximum Gasteiger partial charge on any atom is 0.255 e. The van der Waals surface area contributed by atoms with E-state index in [1.165, 1.54) is 28.0 Å². The minimum absolute atomic E-state index is 0.131. The highest BCUT2D eigenvalue weighted by molar-refractivity contribution is 6.06. The van der Waals surface area contributed by atoms with Crippen LogP contribution in [-0.4, -0.2) is 54.5 Å². The van der Waals surface area contributed by atoms with Gasteiger partial charge in [-0.2, -0.15) is 0 Å². The number of imide groups is 1. The summed E-state index contributed by atoms with van der Waals surface area (Å²) in [5.41, 5.74) is 1.89. The zero-order valence-corrected chi connectivity index (χ0v) is 17.7. The van der Waals surface area contributed by atoms with Gasteiger partial charge >= 0.3 is 0 Å². The summed E-state index contributed by atoms with van der Waals surface area (Å²) in [7, 11) is 0. The van der Waals surface area contributed by atoms with E-state index in [9.17, 15) is 23.6 Å². The van der Waals surface area contributed by atoms with Gasteiger partial charge in [0.05, 0.1) is 12.4 Å². The first-order chi connectivity index (χ1) is 16.4. The Morgan fingerprint density at radius 3 is 2.85 bits per heavy atom. The number of hydrogen-bond donors (Lipinski definition) is 2. The number of amides is 4. The molecule has 2 N–H and O–H groups in total. The van der Waals surface area contributed by atoms with E-state index < -0.39 is 23.7 Å². The van der Waals surface area contributed by atoms with Gasteiger partial charge in [0.15, 0.2) is 5.82 Å². The number of hydrogen-bond acceptors (Lipinski definition) is 7. The number of fused-ring (bicyclic) bond motifs is 1. The zero-order valence-electron chi connectivity index (χ0n) is 17.7. The number of piperidine rings is 1. The lowest BCUT2D eigenvalue weighted by molar-refractivity contribution is -0.137. The molecule has 0 aliphatic carbocycles. The van der Waals surface area contributed by atoms with Gasteiger partial charge in [0, 0.05) is 41.5 Å². The van der Waals surface area contributed by atoms with Crippen LogP contribution in [0.4, 0.5) is 10.1 Å². The summed E-state index contributed by atoms with van der Waals surface area (Å²) < 4.78 is 15.2. The molecule has 0 saturated carbocycles. The molecular formula is C22H18FN7O4. The lowest BCUT2D eigenvalue weighted by Crippen LogP contribution is -2.52. The zero-order chi connectivity index (χ0) is 23.8. The van der Waals surface area contributed by atoms with Crippen LogP contribution >= 0.6 is 0 Å². The molecule has 1 aromatic carbocycles. The maximum atomic E-state index is 13.9.